The maximum atomic E-state index is 12.0. The molecule has 0 radical (unpaired) electrons. The molecule has 16 heavy (non-hydrogen) atoms. The van der Waals surface area contributed by atoms with Gasteiger partial charge in [-0.1, -0.05) is 12.1 Å². The second-order valence-corrected chi connectivity index (χ2v) is 5.37. The first kappa shape index (κ1) is 9.90. The quantitative estimate of drug-likeness (QED) is 0.730. The Bertz CT molecular complexity index is 460. The lowest BCUT2D eigenvalue weighted by Gasteiger charge is -2.26. The van der Waals surface area contributed by atoms with Gasteiger partial charge in [0.25, 0.3) is 0 Å². The van der Waals surface area contributed by atoms with E-state index >= 15 is 0 Å². The average Bonchev–Trinajstić information content (AvgIpc) is 2.89. The van der Waals surface area contributed by atoms with E-state index in [0.717, 1.165) is 24.1 Å². The molecule has 2 aliphatic rings. The van der Waals surface area contributed by atoms with Crippen LogP contribution in [0.15, 0.2) is 24.3 Å². The summed E-state index contributed by atoms with van der Waals surface area (Å²) >= 11 is 1.75. The number of carbonyl (C=O) groups excluding carboxylic acids is 2. The number of nitrogens with zero attached hydrogens (tertiary/aromatic N) is 1. The summed E-state index contributed by atoms with van der Waals surface area (Å²) in [7, 11) is 0. The van der Waals surface area contributed by atoms with Crippen LogP contribution in [0.2, 0.25) is 0 Å². The van der Waals surface area contributed by atoms with E-state index in [1.54, 1.807) is 23.9 Å². The number of anilines is 1. The molecular weight excluding hydrogens is 222 g/mol. The first-order valence-electron chi connectivity index (χ1n) is 5.29. The van der Waals surface area contributed by atoms with Crippen molar-refractivity contribution in [3.05, 3.63) is 29.8 Å². The van der Waals surface area contributed by atoms with E-state index in [4.69, 9.17) is 0 Å². The normalized spacial score (nSPS) is 27.5. The second kappa shape index (κ2) is 3.63. The van der Waals surface area contributed by atoms with Crippen molar-refractivity contribution in [3.63, 3.8) is 0 Å². The fraction of sp³-hybridized carbons (Fsp3) is 0.333. The van der Waals surface area contributed by atoms with Crippen LogP contribution < -0.4 is 4.90 Å². The first-order chi connectivity index (χ1) is 7.79. The smallest absolute Gasteiger partial charge is 0.240 e. The molecular formula is C12H11NO2S. The van der Waals surface area contributed by atoms with Gasteiger partial charge in [0.05, 0.1) is 5.25 Å². The minimum atomic E-state index is 0.143. The van der Waals surface area contributed by atoms with Gasteiger partial charge in [0.2, 0.25) is 5.91 Å². The number of aldehydes is 1. The van der Waals surface area contributed by atoms with Crippen LogP contribution in [0.1, 0.15) is 16.8 Å². The molecule has 0 spiro atoms. The molecule has 3 nitrogen and oxygen atoms in total. The van der Waals surface area contributed by atoms with Gasteiger partial charge in [-0.05, 0) is 18.6 Å². The van der Waals surface area contributed by atoms with E-state index in [1.165, 1.54) is 0 Å². The molecule has 4 heteroatoms. The van der Waals surface area contributed by atoms with E-state index in [-0.39, 0.29) is 11.2 Å². The maximum absolute atomic E-state index is 12.0. The minimum Gasteiger partial charge on any atom is -0.308 e. The van der Waals surface area contributed by atoms with E-state index < -0.39 is 0 Å². The standard InChI is InChI=1S/C12H11NO2S/c14-6-8-2-1-3-9(4-8)13-10-5-11(12(13)15)16-7-10/h1-4,6,10-11H,5,7H2. The van der Waals surface area contributed by atoms with Crippen molar-refractivity contribution in [2.75, 3.05) is 10.7 Å². The zero-order chi connectivity index (χ0) is 11.1. The van der Waals surface area contributed by atoms with Gasteiger partial charge in [0, 0.05) is 23.0 Å². The van der Waals surface area contributed by atoms with Gasteiger partial charge in [0.1, 0.15) is 6.29 Å². The SMILES string of the molecule is O=Cc1cccc(N2C(=O)C3CC2CS3)c1. The summed E-state index contributed by atoms with van der Waals surface area (Å²) in [6.07, 6.45) is 1.77. The molecule has 0 aromatic heterocycles. The van der Waals surface area contributed by atoms with Gasteiger partial charge in [-0.15, -0.1) is 11.8 Å². The van der Waals surface area contributed by atoms with Crippen LogP contribution in [-0.4, -0.2) is 29.2 Å². The van der Waals surface area contributed by atoms with Gasteiger partial charge in [0.15, 0.2) is 0 Å². The molecule has 2 bridgehead atoms. The molecule has 2 atom stereocenters. The summed E-state index contributed by atoms with van der Waals surface area (Å²) in [4.78, 5) is 24.5. The highest BCUT2D eigenvalue weighted by Crippen LogP contribution is 2.41. The topological polar surface area (TPSA) is 37.4 Å². The fourth-order valence-electron chi connectivity index (χ4n) is 2.38. The van der Waals surface area contributed by atoms with Crippen molar-refractivity contribution in [3.8, 4) is 0 Å². The number of fused-ring (bicyclic) bond motifs is 2. The van der Waals surface area contributed by atoms with Crippen molar-refractivity contribution in [1.29, 1.82) is 0 Å². The summed E-state index contributed by atoms with van der Waals surface area (Å²) in [5.74, 6) is 1.21. The third-order valence-corrected chi connectivity index (χ3v) is 4.51. The zero-order valence-corrected chi connectivity index (χ0v) is 9.44. The highest BCUT2D eigenvalue weighted by Gasteiger charge is 2.45. The van der Waals surface area contributed by atoms with Crippen LogP contribution in [0.25, 0.3) is 0 Å². The van der Waals surface area contributed by atoms with Crippen LogP contribution in [0.4, 0.5) is 5.69 Å². The Morgan fingerprint density at radius 1 is 1.44 bits per heavy atom. The van der Waals surface area contributed by atoms with Crippen molar-refractivity contribution in [2.24, 2.45) is 0 Å². The van der Waals surface area contributed by atoms with Gasteiger partial charge in [-0.3, -0.25) is 9.59 Å². The molecule has 2 aliphatic heterocycles. The fourth-order valence-corrected chi connectivity index (χ4v) is 3.74. The number of hydrogen-bond acceptors (Lipinski definition) is 3. The zero-order valence-electron chi connectivity index (χ0n) is 8.63. The van der Waals surface area contributed by atoms with Crippen LogP contribution in [0.5, 0.6) is 0 Å². The number of amides is 1. The van der Waals surface area contributed by atoms with Crippen LogP contribution in [0.3, 0.4) is 0 Å². The van der Waals surface area contributed by atoms with Gasteiger partial charge >= 0.3 is 0 Å². The Morgan fingerprint density at radius 2 is 2.31 bits per heavy atom. The molecule has 2 unspecified atom stereocenters. The van der Waals surface area contributed by atoms with E-state index in [0.29, 0.717) is 11.6 Å². The van der Waals surface area contributed by atoms with E-state index in [1.807, 2.05) is 17.0 Å². The van der Waals surface area contributed by atoms with E-state index in [2.05, 4.69) is 0 Å². The van der Waals surface area contributed by atoms with Crippen molar-refractivity contribution in [2.45, 2.75) is 17.7 Å². The number of thioether (sulfide) groups is 1. The molecule has 3 rings (SSSR count). The average molecular weight is 233 g/mol. The van der Waals surface area contributed by atoms with Gasteiger partial charge in [-0.25, -0.2) is 0 Å². The van der Waals surface area contributed by atoms with Crippen LogP contribution >= 0.6 is 11.8 Å². The van der Waals surface area contributed by atoms with Gasteiger partial charge in [-0.2, -0.15) is 0 Å². The number of rotatable bonds is 2. The Kier molecular flexibility index (Phi) is 2.24. The highest BCUT2D eigenvalue weighted by molar-refractivity contribution is 8.01. The lowest BCUT2D eigenvalue weighted by Crippen LogP contribution is -2.38. The number of benzene rings is 1. The number of hydrogen-bond donors (Lipinski definition) is 0. The Morgan fingerprint density at radius 3 is 3.00 bits per heavy atom. The van der Waals surface area contributed by atoms with Crippen LogP contribution in [-0.2, 0) is 4.79 Å². The molecule has 2 saturated heterocycles. The predicted octanol–water partition coefficient (Wildman–Crippen LogP) is 1.72. The highest BCUT2D eigenvalue weighted by atomic mass is 32.2. The Hall–Kier alpha value is -1.29. The molecule has 1 aromatic rings. The third kappa shape index (κ3) is 1.37. The Labute approximate surface area is 97.8 Å². The third-order valence-electron chi connectivity index (χ3n) is 3.14. The number of carbonyl (C=O) groups is 2. The molecule has 0 aliphatic carbocycles. The van der Waals surface area contributed by atoms with Gasteiger partial charge < -0.3 is 4.90 Å². The predicted molar refractivity (Wildman–Crippen MR) is 64.0 cm³/mol. The summed E-state index contributed by atoms with van der Waals surface area (Å²) in [5.41, 5.74) is 1.49. The summed E-state index contributed by atoms with van der Waals surface area (Å²) < 4.78 is 0. The molecule has 2 fully saturated rings. The molecule has 1 aromatic carbocycles. The summed E-state index contributed by atoms with van der Waals surface area (Å²) in [6.45, 7) is 0. The molecule has 0 saturated carbocycles. The maximum Gasteiger partial charge on any atom is 0.240 e. The molecule has 0 N–H and O–H groups in total. The Balaban J connectivity index is 1.97. The molecule has 2 heterocycles. The molecule has 82 valence electrons. The van der Waals surface area contributed by atoms with Crippen LogP contribution in [0, 0.1) is 0 Å². The van der Waals surface area contributed by atoms with Crippen molar-refractivity contribution >= 4 is 29.6 Å². The summed E-state index contributed by atoms with van der Waals surface area (Å²) in [6, 6.07) is 7.59. The van der Waals surface area contributed by atoms with E-state index in [9.17, 15) is 9.59 Å². The largest absolute Gasteiger partial charge is 0.308 e. The lowest BCUT2D eigenvalue weighted by molar-refractivity contribution is -0.116. The first-order valence-corrected chi connectivity index (χ1v) is 6.34. The summed E-state index contributed by atoms with van der Waals surface area (Å²) in [5, 5.41) is 0.143. The molecule has 1 amide bonds. The minimum absolute atomic E-state index is 0.143. The second-order valence-electron chi connectivity index (χ2n) is 4.13. The van der Waals surface area contributed by atoms with Crippen molar-refractivity contribution in [1.82, 2.24) is 0 Å². The monoisotopic (exact) mass is 233 g/mol. The van der Waals surface area contributed by atoms with Crippen molar-refractivity contribution < 1.29 is 9.59 Å². The lowest BCUT2D eigenvalue weighted by atomic mass is 10.2.